The van der Waals surface area contributed by atoms with E-state index in [0.717, 1.165) is 37.2 Å². The molecule has 0 saturated carbocycles. The maximum Gasteiger partial charge on any atom is 0.114 e. The van der Waals surface area contributed by atoms with Crippen LogP contribution in [0.1, 0.15) is 71.9 Å². The number of hydrogen-bond donors (Lipinski definition) is 1. The largest absolute Gasteiger partial charge is 0.387 e. The fraction of sp³-hybridized carbons (Fsp3) is 0.857. The third-order valence-electron chi connectivity index (χ3n) is 2.66. The lowest BCUT2D eigenvalue weighted by Gasteiger charge is -2.12. The molecule has 0 amide bonds. The van der Waals surface area contributed by atoms with E-state index in [1.165, 1.54) is 0 Å². The van der Waals surface area contributed by atoms with Crippen LogP contribution in [0.4, 0.5) is 0 Å². The molecule has 1 N–H and O–H groups in total. The smallest absolute Gasteiger partial charge is 0.114 e. The van der Waals surface area contributed by atoms with E-state index in [0.29, 0.717) is 5.92 Å². The molecule has 0 radical (unpaired) electrons. The van der Waals surface area contributed by atoms with Gasteiger partial charge in [-0.25, -0.2) is 4.68 Å². The van der Waals surface area contributed by atoms with Crippen molar-refractivity contribution in [3.63, 3.8) is 0 Å². The lowest BCUT2D eigenvalue weighted by Crippen LogP contribution is -2.08. The highest BCUT2D eigenvalue weighted by Gasteiger charge is 2.19. The summed E-state index contributed by atoms with van der Waals surface area (Å²) in [5.74, 6) is 0.469. The molecule has 0 bridgehead atoms. The summed E-state index contributed by atoms with van der Waals surface area (Å²) in [5.41, 5.74) is 1.87. The first-order valence-electron chi connectivity index (χ1n) is 7.20. The molecule has 0 saturated heterocycles. The number of aliphatic hydroxyl groups is 1. The van der Waals surface area contributed by atoms with Gasteiger partial charge >= 0.3 is 0 Å². The quantitative estimate of drug-likeness (QED) is 0.848. The van der Waals surface area contributed by atoms with Gasteiger partial charge in [0.15, 0.2) is 0 Å². The van der Waals surface area contributed by atoms with Crippen molar-refractivity contribution in [2.75, 3.05) is 0 Å². The maximum atomic E-state index is 10.1. The lowest BCUT2D eigenvalue weighted by molar-refractivity contribution is 0.145. The van der Waals surface area contributed by atoms with Crippen LogP contribution < -0.4 is 0 Å². The van der Waals surface area contributed by atoms with E-state index in [-0.39, 0.29) is 0 Å². The molecule has 0 aromatic carbocycles. The highest BCUT2D eigenvalue weighted by atomic mass is 16.3. The molecule has 1 aromatic rings. The van der Waals surface area contributed by atoms with Gasteiger partial charge in [-0.3, -0.25) is 0 Å². The van der Waals surface area contributed by atoms with Gasteiger partial charge in [0.2, 0.25) is 0 Å². The number of nitrogens with zero attached hydrogens (tertiary/aromatic N) is 3. The van der Waals surface area contributed by atoms with Crippen molar-refractivity contribution in [3.8, 4) is 0 Å². The van der Waals surface area contributed by atoms with Crippen LogP contribution in [0.2, 0.25) is 0 Å². The van der Waals surface area contributed by atoms with Crippen LogP contribution in [-0.4, -0.2) is 20.1 Å². The summed E-state index contributed by atoms with van der Waals surface area (Å²) in [6.45, 7) is 13.2. The van der Waals surface area contributed by atoms with Crippen LogP contribution in [0.25, 0.3) is 0 Å². The molecule has 106 valence electrons. The predicted molar refractivity (Wildman–Crippen MR) is 75.5 cm³/mol. The summed E-state index contributed by atoms with van der Waals surface area (Å²) in [4.78, 5) is 0. The third-order valence-corrected chi connectivity index (χ3v) is 2.66. The molecule has 1 aromatic heterocycles. The van der Waals surface area contributed by atoms with Crippen LogP contribution in [0.15, 0.2) is 0 Å². The van der Waals surface area contributed by atoms with Gasteiger partial charge in [0.1, 0.15) is 5.69 Å². The van der Waals surface area contributed by atoms with Crippen molar-refractivity contribution in [1.29, 1.82) is 0 Å². The molecular formula is C14H29N3O. The third kappa shape index (κ3) is 4.77. The summed E-state index contributed by atoms with van der Waals surface area (Å²) in [7, 11) is 0. The van der Waals surface area contributed by atoms with Crippen molar-refractivity contribution >= 4 is 0 Å². The molecule has 1 rings (SSSR count). The summed E-state index contributed by atoms with van der Waals surface area (Å²) < 4.78 is 1.89. The minimum atomic E-state index is -0.471. The predicted octanol–water partition coefficient (Wildman–Crippen LogP) is 3.36. The number of aromatic nitrogens is 3. The highest BCUT2D eigenvalue weighted by Crippen LogP contribution is 2.23. The average molecular weight is 255 g/mol. The average Bonchev–Trinajstić information content (AvgIpc) is 2.74. The van der Waals surface area contributed by atoms with E-state index < -0.39 is 6.10 Å². The summed E-state index contributed by atoms with van der Waals surface area (Å²) >= 11 is 0. The number of aryl methyl sites for hydroxylation is 1. The second-order valence-electron chi connectivity index (χ2n) is 4.63. The fourth-order valence-corrected chi connectivity index (χ4v) is 1.91. The zero-order valence-corrected chi connectivity index (χ0v) is 12.8. The van der Waals surface area contributed by atoms with Gasteiger partial charge in [-0.2, -0.15) is 0 Å². The lowest BCUT2D eigenvalue weighted by atomic mass is 10.0. The van der Waals surface area contributed by atoms with E-state index in [1.54, 1.807) is 0 Å². The van der Waals surface area contributed by atoms with E-state index in [2.05, 4.69) is 31.1 Å². The van der Waals surface area contributed by atoms with Crippen LogP contribution in [-0.2, 0) is 13.0 Å². The Morgan fingerprint density at radius 1 is 1.22 bits per heavy atom. The molecule has 18 heavy (non-hydrogen) atoms. The van der Waals surface area contributed by atoms with E-state index in [1.807, 2.05) is 25.5 Å². The van der Waals surface area contributed by atoms with E-state index >= 15 is 0 Å². The molecule has 4 heteroatoms. The Bertz CT molecular complexity index is 321. The molecule has 1 unspecified atom stereocenters. The van der Waals surface area contributed by atoms with Crippen LogP contribution in [0.3, 0.4) is 0 Å². The topological polar surface area (TPSA) is 50.9 Å². The first-order chi connectivity index (χ1) is 8.60. The van der Waals surface area contributed by atoms with E-state index in [4.69, 9.17) is 0 Å². The highest BCUT2D eigenvalue weighted by molar-refractivity contribution is 5.13. The summed E-state index contributed by atoms with van der Waals surface area (Å²) in [6.07, 6.45) is 2.26. The zero-order valence-electron chi connectivity index (χ0n) is 12.8. The molecule has 0 aliphatic carbocycles. The molecule has 0 spiro atoms. The number of aliphatic hydroxyl groups excluding tert-OH is 1. The van der Waals surface area contributed by atoms with Crippen molar-refractivity contribution in [2.45, 2.75) is 73.5 Å². The molecular weight excluding hydrogens is 226 g/mol. The van der Waals surface area contributed by atoms with Crippen LogP contribution in [0.5, 0.6) is 0 Å². The Morgan fingerprint density at radius 2 is 1.83 bits per heavy atom. The molecule has 4 nitrogen and oxygen atoms in total. The molecule has 1 atom stereocenters. The van der Waals surface area contributed by atoms with Gasteiger partial charge in [-0.15, -0.1) is 5.10 Å². The summed E-state index contributed by atoms with van der Waals surface area (Å²) in [6, 6.07) is 0. The Balaban J connectivity index is 0.00000137. The first kappa shape index (κ1) is 17.1. The molecule has 0 fully saturated rings. The molecule has 0 aliphatic heterocycles. The van der Waals surface area contributed by atoms with Gasteiger partial charge in [0, 0.05) is 6.54 Å². The van der Waals surface area contributed by atoms with Gasteiger partial charge in [0.25, 0.3) is 0 Å². The standard InChI is InChI=1S/C12H23N3O.C2H6/c1-5-7-10-12(11(16)8-9(3)4)13-14-15(10)6-2;1-2/h9,11,16H,5-8H2,1-4H3;1-2H3. The zero-order chi connectivity index (χ0) is 14.1. The van der Waals surface area contributed by atoms with Crippen LogP contribution >= 0.6 is 0 Å². The maximum absolute atomic E-state index is 10.1. The van der Waals surface area contributed by atoms with Crippen molar-refractivity contribution in [3.05, 3.63) is 11.4 Å². The second-order valence-corrected chi connectivity index (χ2v) is 4.63. The minimum absolute atomic E-state index is 0.469. The second kappa shape index (κ2) is 9.09. The summed E-state index contributed by atoms with van der Waals surface area (Å²) in [5, 5.41) is 18.3. The van der Waals surface area contributed by atoms with Crippen molar-refractivity contribution in [2.24, 2.45) is 5.92 Å². The van der Waals surface area contributed by atoms with E-state index in [9.17, 15) is 5.11 Å². The van der Waals surface area contributed by atoms with Crippen LogP contribution in [0, 0.1) is 5.92 Å². The first-order valence-corrected chi connectivity index (χ1v) is 7.20. The number of hydrogen-bond acceptors (Lipinski definition) is 3. The normalized spacial score (nSPS) is 12.2. The Hall–Kier alpha value is -0.900. The van der Waals surface area contributed by atoms with Crippen molar-refractivity contribution < 1.29 is 5.11 Å². The SMILES string of the molecule is CC.CCCc1c(C(O)CC(C)C)nnn1CC. The monoisotopic (exact) mass is 255 g/mol. The van der Waals surface area contributed by atoms with Gasteiger partial charge in [-0.1, -0.05) is 46.3 Å². The Labute approximate surface area is 111 Å². The molecule has 0 aliphatic rings. The van der Waals surface area contributed by atoms with Gasteiger partial charge in [-0.05, 0) is 25.7 Å². The minimum Gasteiger partial charge on any atom is -0.387 e. The number of rotatable bonds is 6. The molecule has 1 heterocycles. The van der Waals surface area contributed by atoms with Gasteiger partial charge < -0.3 is 5.11 Å². The van der Waals surface area contributed by atoms with Gasteiger partial charge in [0.05, 0.1) is 11.8 Å². The fourth-order valence-electron chi connectivity index (χ4n) is 1.91. The van der Waals surface area contributed by atoms with Crippen molar-refractivity contribution in [1.82, 2.24) is 15.0 Å². The Morgan fingerprint density at radius 3 is 2.28 bits per heavy atom. The Kier molecular flexibility index (Phi) is 8.63.